The van der Waals surface area contributed by atoms with E-state index in [1.807, 2.05) is 24.2 Å². The molecule has 1 aliphatic carbocycles. The molecule has 0 atom stereocenters. The summed E-state index contributed by atoms with van der Waals surface area (Å²) in [4.78, 5) is 11.2. The Morgan fingerprint density at radius 3 is 2.57 bits per heavy atom. The van der Waals surface area contributed by atoms with E-state index in [0.29, 0.717) is 18.4 Å². The summed E-state index contributed by atoms with van der Waals surface area (Å²) in [6, 6.07) is 7.68. The van der Waals surface area contributed by atoms with Crippen LogP contribution in [-0.2, 0) is 9.53 Å². The number of carbonyl (C=O) groups is 1. The first-order valence-electron chi connectivity index (χ1n) is 8.22. The fraction of sp³-hybridized carbons (Fsp3) is 0.588. The molecule has 1 aliphatic rings. The van der Waals surface area contributed by atoms with Crippen molar-refractivity contribution in [3.63, 3.8) is 0 Å². The lowest BCUT2D eigenvalue weighted by atomic mass is 9.95. The van der Waals surface area contributed by atoms with Crippen LogP contribution in [0.25, 0.3) is 0 Å². The van der Waals surface area contributed by atoms with Gasteiger partial charge in [0.05, 0.1) is 12.3 Å². The van der Waals surface area contributed by atoms with Gasteiger partial charge in [0.2, 0.25) is 0 Å². The molecule has 126 valence electrons. The second-order valence-corrected chi connectivity index (χ2v) is 5.64. The van der Waals surface area contributed by atoms with Crippen LogP contribution in [0.2, 0.25) is 0 Å². The molecule has 0 aliphatic heterocycles. The van der Waals surface area contributed by atoms with Crippen LogP contribution >= 0.6 is 0 Å². The van der Waals surface area contributed by atoms with Crippen LogP contribution in [-0.4, -0.2) is 37.3 Å². The van der Waals surface area contributed by atoms with Crippen molar-refractivity contribution in [1.82, 2.24) is 5.01 Å². The minimum absolute atomic E-state index is 0.0842. The van der Waals surface area contributed by atoms with Crippen molar-refractivity contribution in [3.05, 3.63) is 24.3 Å². The molecule has 0 saturated heterocycles. The van der Waals surface area contributed by atoms with Gasteiger partial charge in [-0.1, -0.05) is 24.5 Å². The van der Waals surface area contributed by atoms with E-state index < -0.39 is 0 Å². The smallest absolute Gasteiger partial charge is 0.344 e. The first-order valence-corrected chi connectivity index (χ1v) is 8.22. The summed E-state index contributed by atoms with van der Waals surface area (Å²) in [5, 5.41) is 10.5. The molecule has 0 heterocycles. The lowest BCUT2D eigenvalue weighted by Gasteiger charge is -2.27. The summed E-state index contributed by atoms with van der Waals surface area (Å²) in [5.74, 6) is 0.239. The Kier molecular flexibility index (Phi) is 6.84. The van der Waals surface area contributed by atoms with Gasteiger partial charge in [-0.15, -0.1) is 5.11 Å². The number of hydrogen-bond donors (Lipinski definition) is 0. The number of esters is 1. The number of nitrogens with zero attached hydrogens (tertiary/aromatic N) is 3. The molecule has 6 nitrogen and oxygen atoms in total. The van der Waals surface area contributed by atoms with Gasteiger partial charge in [-0.05, 0) is 44.0 Å². The molecule has 0 unspecified atom stereocenters. The van der Waals surface area contributed by atoms with Crippen molar-refractivity contribution in [3.8, 4) is 5.75 Å². The molecule has 0 aromatic heterocycles. The van der Waals surface area contributed by atoms with Gasteiger partial charge in [0.25, 0.3) is 0 Å². The monoisotopic (exact) mass is 319 g/mol. The van der Waals surface area contributed by atoms with E-state index in [1.165, 1.54) is 32.1 Å². The van der Waals surface area contributed by atoms with Crippen molar-refractivity contribution < 1.29 is 14.3 Å². The second kappa shape index (κ2) is 9.12. The first-order chi connectivity index (χ1) is 11.2. The predicted molar refractivity (Wildman–Crippen MR) is 87.7 cm³/mol. The largest absolute Gasteiger partial charge is 0.482 e. The number of carbonyl (C=O) groups excluding carboxylic acids is 1. The zero-order chi connectivity index (χ0) is 16.5. The quantitative estimate of drug-likeness (QED) is 0.434. The molecule has 1 aromatic rings. The molecule has 1 saturated carbocycles. The number of benzene rings is 1. The Morgan fingerprint density at radius 1 is 1.22 bits per heavy atom. The van der Waals surface area contributed by atoms with Crippen molar-refractivity contribution in [2.45, 2.75) is 45.1 Å². The normalized spacial score (nSPS) is 15.6. The van der Waals surface area contributed by atoms with Crippen molar-refractivity contribution >= 4 is 11.7 Å². The summed E-state index contributed by atoms with van der Waals surface area (Å²) < 4.78 is 10.1. The molecule has 0 spiro atoms. The maximum atomic E-state index is 11.2. The van der Waals surface area contributed by atoms with Gasteiger partial charge in [-0.2, -0.15) is 0 Å². The SMILES string of the molecule is CCOC(=O)COc1ccc(N=NN(C)C2CCCCC2)cc1. The number of rotatable bonds is 7. The first kappa shape index (κ1) is 17.2. The highest BCUT2D eigenvalue weighted by Gasteiger charge is 2.16. The lowest BCUT2D eigenvalue weighted by Crippen LogP contribution is -2.28. The maximum Gasteiger partial charge on any atom is 0.344 e. The average molecular weight is 319 g/mol. The molecule has 23 heavy (non-hydrogen) atoms. The third-order valence-electron chi connectivity index (χ3n) is 3.90. The minimum atomic E-state index is -0.370. The Bertz CT molecular complexity index is 510. The molecule has 0 N–H and O–H groups in total. The van der Waals surface area contributed by atoms with E-state index in [9.17, 15) is 4.79 Å². The van der Waals surface area contributed by atoms with Crippen LogP contribution in [0.5, 0.6) is 5.75 Å². The van der Waals surface area contributed by atoms with Crippen molar-refractivity contribution in [2.75, 3.05) is 20.3 Å². The Hall–Kier alpha value is -2.11. The van der Waals surface area contributed by atoms with Crippen molar-refractivity contribution in [1.29, 1.82) is 0 Å². The van der Waals surface area contributed by atoms with Crippen molar-refractivity contribution in [2.24, 2.45) is 10.3 Å². The predicted octanol–water partition coefficient (Wildman–Crippen LogP) is 3.89. The fourth-order valence-electron chi connectivity index (χ4n) is 2.60. The topological polar surface area (TPSA) is 63.5 Å². The van der Waals surface area contributed by atoms with Gasteiger partial charge in [-0.25, -0.2) is 4.79 Å². The third kappa shape index (κ3) is 5.88. The maximum absolute atomic E-state index is 11.2. The standard InChI is InChI=1S/C17H25N3O3/c1-3-22-17(21)13-23-16-11-9-14(10-12-16)18-19-20(2)15-7-5-4-6-8-15/h9-12,15H,3-8,13H2,1-2H3. The van der Waals surface area contributed by atoms with Gasteiger partial charge in [0, 0.05) is 13.1 Å². The Balaban J connectivity index is 1.81. The highest BCUT2D eigenvalue weighted by Crippen LogP contribution is 2.23. The third-order valence-corrected chi connectivity index (χ3v) is 3.90. The Labute approximate surface area is 137 Å². The number of hydrogen-bond acceptors (Lipinski definition) is 5. The highest BCUT2D eigenvalue weighted by molar-refractivity contribution is 5.71. The second-order valence-electron chi connectivity index (χ2n) is 5.64. The van der Waals surface area contributed by atoms with Crippen LogP contribution in [0, 0.1) is 0 Å². The van der Waals surface area contributed by atoms with Crippen LogP contribution in [0.15, 0.2) is 34.6 Å². The molecule has 0 radical (unpaired) electrons. The molecule has 0 bridgehead atoms. The summed E-state index contributed by atoms with van der Waals surface area (Å²) in [6.45, 7) is 2.04. The van der Waals surface area contributed by atoms with E-state index in [2.05, 4.69) is 10.3 Å². The number of ether oxygens (including phenoxy) is 2. The summed E-state index contributed by atoms with van der Waals surface area (Å²) >= 11 is 0. The summed E-state index contributed by atoms with van der Waals surface area (Å²) in [5.41, 5.74) is 0.760. The van der Waals surface area contributed by atoms with Crippen LogP contribution in [0.4, 0.5) is 5.69 Å². The van der Waals surface area contributed by atoms with Gasteiger partial charge in [0.1, 0.15) is 5.75 Å². The molecule has 0 amide bonds. The Morgan fingerprint density at radius 2 is 1.91 bits per heavy atom. The van der Waals surface area contributed by atoms with E-state index in [4.69, 9.17) is 9.47 Å². The lowest BCUT2D eigenvalue weighted by molar-refractivity contribution is -0.145. The molecular formula is C17H25N3O3. The molecular weight excluding hydrogens is 294 g/mol. The molecule has 1 aromatic carbocycles. The minimum Gasteiger partial charge on any atom is -0.482 e. The molecule has 2 rings (SSSR count). The van der Waals surface area contributed by atoms with Gasteiger partial charge < -0.3 is 9.47 Å². The molecule has 6 heteroatoms. The average Bonchev–Trinajstić information content (AvgIpc) is 2.60. The fourth-order valence-corrected chi connectivity index (χ4v) is 2.60. The summed E-state index contributed by atoms with van der Waals surface area (Å²) in [6.07, 6.45) is 6.26. The summed E-state index contributed by atoms with van der Waals surface area (Å²) in [7, 11) is 1.98. The van der Waals surface area contributed by atoms with E-state index in [0.717, 1.165) is 5.69 Å². The van der Waals surface area contributed by atoms with Crippen LogP contribution in [0.3, 0.4) is 0 Å². The van der Waals surface area contributed by atoms with Gasteiger partial charge in [0.15, 0.2) is 6.61 Å². The van der Waals surface area contributed by atoms with Gasteiger partial charge >= 0.3 is 5.97 Å². The van der Waals surface area contributed by atoms with E-state index >= 15 is 0 Å². The molecule has 1 fully saturated rings. The van der Waals surface area contributed by atoms with Gasteiger partial charge in [-0.3, -0.25) is 5.01 Å². The highest BCUT2D eigenvalue weighted by atomic mass is 16.6. The van der Waals surface area contributed by atoms with Crippen LogP contribution < -0.4 is 4.74 Å². The van der Waals surface area contributed by atoms with E-state index in [-0.39, 0.29) is 12.6 Å². The van der Waals surface area contributed by atoms with Crippen LogP contribution in [0.1, 0.15) is 39.0 Å². The van der Waals surface area contributed by atoms with E-state index in [1.54, 1.807) is 19.1 Å². The zero-order valence-corrected chi connectivity index (χ0v) is 13.9. The zero-order valence-electron chi connectivity index (χ0n) is 13.9.